The van der Waals surface area contributed by atoms with Gasteiger partial charge in [-0.05, 0) is 18.2 Å². The highest BCUT2D eigenvalue weighted by Crippen LogP contribution is 2.08. The van der Waals surface area contributed by atoms with Gasteiger partial charge < -0.3 is 5.32 Å². The van der Waals surface area contributed by atoms with Crippen LogP contribution in [0.2, 0.25) is 0 Å². The van der Waals surface area contributed by atoms with Gasteiger partial charge >= 0.3 is 0 Å². The van der Waals surface area contributed by atoms with Crippen LogP contribution in [0.1, 0.15) is 18.1 Å². The minimum absolute atomic E-state index is 0.161. The Labute approximate surface area is 101 Å². The van der Waals surface area contributed by atoms with Crippen molar-refractivity contribution in [2.75, 3.05) is 12.8 Å². The summed E-state index contributed by atoms with van der Waals surface area (Å²) >= 11 is 1.33. The van der Waals surface area contributed by atoms with Gasteiger partial charge in [0.2, 0.25) is 0 Å². The molecule has 0 heterocycles. The van der Waals surface area contributed by atoms with Crippen LogP contribution in [0.4, 0.5) is 0 Å². The molecule has 0 aliphatic carbocycles. The number of rotatable bonds is 5. The van der Waals surface area contributed by atoms with Gasteiger partial charge in [0.15, 0.2) is 5.12 Å². The van der Waals surface area contributed by atoms with Gasteiger partial charge in [-0.2, -0.15) is 0 Å². The van der Waals surface area contributed by atoms with Crippen molar-refractivity contribution in [2.24, 2.45) is 0 Å². The predicted octanol–water partition coefficient (Wildman–Crippen LogP) is 2.70. The molecule has 2 nitrogen and oxygen atoms in total. The lowest BCUT2D eigenvalue weighted by atomic mass is 10.1. The number of carbonyl (C=O) groups is 1. The third-order valence-corrected chi connectivity index (χ3v) is 2.82. The van der Waals surface area contributed by atoms with Crippen molar-refractivity contribution in [3.63, 3.8) is 0 Å². The Kier molecular flexibility index (Phi) is 5.90. The topological polar surface area (TPSA) is 29.1 Å². The maximum Gasteiger partial charge on any atom is 0.186 e. The van der Waals surface area contributed by atoms with Gasteiger partial charge in [-0.1, -0.05) is 48.2 Å². The second-order valence-corrected chi connectivity index (χ2v) is 4.67. The zero-order valence-corrected chi connectivity index (χ0v) is 10.5. The largest absolute Gasteiger partial charge is 0.316 e. The Balaban J connectivity index is 2.45. The lowest BCUT2D eigenvalue weighted by Crippen LogP contribution is -2.04. The molecule has 1 aromatic carbocycles. The molecular formula is C13H17NOS. The van der Waals surface area contributed by atoms with Crippen LogP contribution in [0.15, 0.2) is 30.3 Å². The van der Waals surface area contributed by atoms with Gasteiger partial charge in [0.25, 0.3) is 0 Å². The van der Waals surface area contributed by atoms with Crippen LogP contribution >= 0.6 is 11.8 Å². The maximum atomic E-state index is 10.7. The number of hydrogen-bond donors (Lipinski definition) is 1. The smallest absolute Gasteiger partial charge is 0.186 e. The molecule has 0 aliphatic heterocycles. The zero-order chi connectivity index (χ0) is 11.8. The van der Waals surface area contributed by atoms with Crippen LogP contribution in [-0.2, 0) is 11.3 Å². The second-order valence-electron chi connectivity index (χ2n) is 3.48. The van der Waals surface area contributed by atoms with Crippen LogP contribution in [-0.4, -0.2) is 17.9 Å². The van der Waals surface area contributed by atoms with E-state index in [0.29, 0.717) is 0 Å². The minimum atomic E-state index is 0.161. The minimum Gasteiger partial charge on any atom is -0.316 e. The molecule has 1 aromatic rings. The summed E-state index contributed by atoms with van der Waals surface area (Å²) in [6.07, 6.45) is 4.05. The normalized spacial score (nSPS) is 10.9. The van der Waals surface area contributed by atoms with Crippen LogP contribution in [0.25, 0.3) is 6.08 Å². The van der Waals surface area contributed by atoms with Crippen LogP contribution < -0.4 is 5.32 Å². The maximum absolute atomic E-state index is 10.7. The first kappa shape index (κ1) is 13.0. The Bertz CT molecular complexity index is 357. The van der Waals surface area contributed by atoms with Crippen molar-refractivity contribution in [2.45, 2.75) is 13.5 Å². The Morgan fingerprint density at radius 3 is 2.62 bits per heavy atom. The third kappa shape index (κ3) is 5.14. The predicted molar refractivity (Wildman–Crippen MR) is 71.4 cm³/mol. The number of benzene rings is 1. The average molecular weight is 235 g/mol. The van der Waals surface area contributed by atoms with Crippen molar-refractivity contribution in [1.82, 2.24) is 5.32 Å². The van der Waals surface area contributed by atoms with E-state index in [1.165, 1.54) is 22.9 Å². The summed E-state index contributed by atoms with van der Waals surface area (Å²) in [6.45, 7) is 2.48. The van der Waals surface area contributed by atoms with E-state index in [1.54, 1.807) is 6.92 Å². The molecule has 86 valence electrons. The highest BCUT2D eigenvalue weighted by atomic mass is 32.2. The van der Waals surface area contributed by atoms with Crippen molar-refractivity contribution < 1.29 is 4.79 Å². The first-order valence-electron chi connectivity index (χ1n) is 5.26. The SMILES string of the molecule is CNCc1ccc(C=CCSC(C)=O)cc1. The van der Waals surface area contributed by atoms with E-state index in [2.05, 4.69) is 29.6 Å². The molecule has 0 aliphatic rings. The van der Waals surface area contributed by atoms with Crippen molar-refractivity contribution in [3.05, 3.63) is 41.5 Å². The average Bonchev–Trinajstić information content (AvgIpc) is 2.27. The fourth-order valence-corrected chi connectivity index (χ4v) is 1.73. The molecule has 0 amide bonds. The molecule has 0 atom stereocenters. The molecule has 0 radical (unpaired) electrons. The summed E-state index contributed by atoms with van der Waals surface area (Å²) in [6, 6.07) is 8.38. The Morgan fingerprint density at radius 2 is 2.06 bits per heavy atom. The molecule has 0 bridgehead atoms. The summed E-state index contributed by atoms with van der Waals surface area (Å²) in [5, 5.41) is 3.27. The molecule has 16 heavy (non-hydrogen) atoms. The monoisotopic (exact) mass is 235 g/mol. The number of nitrogens with one attached hydrogen (secondary N) is 1. The van der Waals surface area contributed by atoms with E-state index in [4.69, 9.17) is 0 Å². The van der Waals surface area contributed by atoms with Gasteiger partial charge in [-0.15, -0.1) is 0 Å². The van der Waals surface area contributed by atoms with E-state index in [0.717, 1.165) is 12.3 Å². The van der Waals surface area contributed by atoms with E-state index < -0.39 is 0 Å². The lowest BCUT2D eigenvalue weighted by molar-refractivity contribution is -0.109. The fraction of sp³-hybridized carbons (Fsp3) is 0.308. The van der Waals surface area contributed by atoms with E-state index in [9.17, 15) is 4.79 Å². The quantitative estimate of drug-likeness (QED) is 0.851. The highest BCUT2D eigenvalue weighted by molar-refractivity contribution is 8.13. The van der Waals surface area contributed by atoms with Crippen molar-refractivity contribution >= 4 is 23.0 Å². The van der Waals surface area contributed by atoms with E-state index >= 15 is 0 Å². The summed E-state index contributed by atoms with van der Waals surface area (Å²) in [7, 11) is 1.94. The molecule has 1 rings (SSSR count). The first-order valence-corrected chi connectivity index (χ1v) is 6.24. The van der Waals surface area contributed by atoms with Crippen LogP contribution in [0, 0.1) is 0 Å². The van der Waals surface area contributed by atoms with Crippen LogP contribution in [0.5, 0.6) is 0 Å². The summed E-state index contributed by atoms with van der Waals surface area (Å²) < 4.78 is 0. The van der Waals surface area contributed by atoms with Gasteiger partial charge in [-0.25, -0.2) is 0 Å². The molecule has 0 fully saturated rings. The summed E-state index contributed by atoms with van der Waals surface area (Å²) in [5.41, 5.74) is 2.45. The second kappa shape index (κ2) is 7.25. The molecule has 0 aromatic heterocycles. The molecule has 1 N–H and O–H groups in total. The van der Waals surface area contributed by atoms with Gasteiger partial charge in [0, 0.05) is 19.2 Å². The van der Waals surface area contributed by atoms with Crippen molar-refractivity contribution in [3.8, 4) is 0 Å². The van der Waals surface area contributed by atoms with Gasteiger partial charge in [-0.3, -0.25) is 4.79 Å². The number of thioether (sulfide) groups is 1. The van der Waals surface area contributed by atoms with Crippen LogP contribution in [0.3, 0.4) is 0 Å². The Morgan fingerprint density at radius 1 is 1.38 bits per heavy atom. The lowest BCUT2D eigenvalue weighted by Gasteiger charge is -2.00. The van der Waals surface area contributed by atoms with Gasteiger partial charge in [0.1, 0.15) is 0 Å². The molecule has 3 heteroatoms. The van der Waals surface area contributed by atoms with E-state index in [-0.39, 0.29) is 5.12 Å². The fourth-order valence-electron chi connectivity index (χ4n) is 1.30. The molecule has 0 unspecified atom stereocenters. The summed E-state index contributed by atoms with van der Waals surface area (Å²) in [4.78, 5) is 10.7. The molecule has 0 spiro atoms. The Hall–Kier alpha value is -1.06. The number of hydrogen-bond acceptors (Lipinski definition) is 3. The van der Waals surface area contributed by atoms with Crippen molar-refractivity contribution in [1.29, 1.82) is 0 Å². The first-order chi connectivity index (χ1) is 7.72. The third-order valence-electron chi connectivity index (χ3n) is 2.05. The number of carbonyl (C=O) groups excluding carboxylic acids is 1. The highest BCUT2D eigenvalue weighted by Gasteiger charge is 1.91. The van der Waals surface area contributed by atoms with E-state index in [1.807, 2.05) is 19.2 Å². The standard InChI is InChI=1S/C13H17NOS/c1-11(15)16-9-3-4-12-5-7-13(8-6-12)10-14-2/h3-8,14H,9-10H2,1-2H3. The zero-order valence-electron chi connectivity index (χ0n) is 9.69. The molecule has 0 saturated heterocycles. The molecule has 0 saturated carbocycles. The van der Waals surface area contributed by atoms with Gasteiger partial charge in [0.05, 0.1) is 0 Å². The molecular weight excluding hydrogens is 218 g/mol. The summed E-state index contributed by atoms with van der Waals surface area (Å²) in [5.74, 6) is 0.744.